The Morgan fingerprint density at radius 1 is 1.00 bits per heavy atom. The lowest BCUT2D eigenvalue weighted by Gasteiger charge is -2.57. The van der Waals surface area contributed by atoms with Crippen molar-refractivity contribution in [3.63, 3.8) is 0 Å². The number of alkyl halides is 3. The molecule has 3 aliphatic rings. The molecule has 170 valence electrons. The average molecular weight is 435 g/mol. The number of nitrogens with zero attached hydrogens (tertiary/aromatic N) is 2. The lowest BCUT2D eigenvalue weighted by Crippen LogP contribution is -2.67. The molecular formula is C25H33F3N2O. The summed E-state index contributed by atoms with van der Waals surface area (Å²) in [6, 6.07) is 8.51. The Hall–Kier alpha value is -1.55. The van der Waals surface area contributed by atoms with Gasteiger partial charge < -0.3 is 10.0 Å². The van der Waals surface area contributed by atoms with Gasteiger partial charge in [-0.3, -0.25) is 4.90 Å². The van der Waals surface area contributed by atoms with Crippen LogP contribution in [0.4, 0.5) is 13.2 Å². The number of aliphatic hydroxyl groups is 1. The zero-order valence-electron chi connectivity index (χ0n) is 18.1. The molecule has 6 heteroatoms. The van der Waals surface area contributed by atoms with Crippen LogP contribution in [-0.2, 0) is 0 Å². The zero-order chi connectivity index (χ0) is 21.8. The third-order valence-corrected chi connectivity index (χ3v) is 7.24. The van der Waals surface area contributed by atoms with Crippen LogP contribution in [-0.4, -0.2) is 66.0 Å². The number of hydrogen-bond donors (Lipinski definition) is 1. The summed E-state index contributed by atoms with van der Waals surface area (Å²) in [7, 11) is 0. The van der Waals surface area contributed by atoms with E-state index in [2.05, 4.69) is 41.0 Å². The fourth-order valence-corrected chi connectivity index (χ4v) is 5.54. The Morgan fingerprint density at radius 2 is 1.71 bits per heavy atom. The molecule has 4 rings (SSSR count). The predicted octanol–water partition coefficient (Wildman–Crippen LogP) is 4.41. The fraction of sp³-hybridized carbons (Fsp3) is 0.680. The van der Waals surface area contributed by atoms with Crippen molar-refractivity contribution in [2.75, 3.05) is 32.8 Å². The molecule has 0 spiro atoms. The van der Waals surface area contributed by atoms with Crippen LogP contribution in [0.5, 0.6) is 0 Å². The van der Waals surface area contributed by atoms with E-state index in [0.717, 1.165) is 30.5 Å². The van der Waals surface area contributed by atoms with Gasteiger partial charge in [-0.2, -0.15) is 13.2 Å². The molecule has 0 aromatic heterocycles. The molecule has 1 aromatic rings. The van der Waals surface area contributed by atoms with E-state index in [1.54, 1.807) is 0 Å². The van der Waals surface area contributed by atoms with Crippen LogP contribution in [0, 0.1) is 17.8 Å². The summed E-state index contributed by atoms with van der Waals surface area (Å²) in [5, 5.41) is 10.0. The molecule has 2 saturated heterocycles. The molecular weight excluding hydrogens is 401 g/mol. The van der Waals surface area contributed by atoms with Crippen LogP contribution in [0.2, 0.25) is 0 Å². The highest BCUT2D eigenvalue weighted by Crippen LogP contribution is 2.42. The van der Waals surface area contributed by atoms with E-state index in [9.17, 15) is 18.3 Å². The van der Waals surface area contributed by atoms with Gasteiger partial charge in [0.1, 0.15) is 0 Å². The van der Waals surface area contributed by atoms with Crippen molar-refractivity contribution >= 4 is 0 Å². The minimum atomic E-state index is -4.12. The zero-order valence-corrected chi connectivity index (χ0v) is 18.1. The summed E-state index contributed by atoms with van der Waals surface area (Å²) in [6.45, 7) is 2.38. The third-order valence-electron chi connectivity index (χ3n) is 7.24. The van der Waals surface area contributed by atoms with E-state index in [-0.39, 0.29) is 31.2 Å². The first-order valence-electron chi connectivity index (χ1n) is 11.7. The van der Waals surface area contributed by atoms with Crippen molar-refractivity contribution in [2.24, 2.45) is 5.92 Å². The molecule has 2 aliphatic heterocycles. The van der Waals surface area contributed by atoms with Crippen molar-refractivity contribution in [1.82, 2.24) is 9.80 Å². The van der Waals surface area contributed by atoms with E-state index >= 15 is 0 Å². The Labute approximate surface area is 183 Å². The van der Waals surface area contributed by atoms with Crippen LogP contribution < -0.4 is 0 Å². The number of benzene rings is 1. The Bertz CT molecular complexity index is 777. The van der Waals surface area contributed by atoms with Gasteiger partial charge in [-0.05, 0) is 56.5 Å². The second kappa shape index (κ2) is 9.94. The lowest BCUT2D eigenvalue weighted by molar-refractivity contribution is -0.140. The largest absolute Gasteiger partial charge is 0.395 e. The molecule has 0 bridgehead atoms. The van der Waals surface area contributed by atoms with Gasteiger partial charge in [0.15, 0.2) is 0 Å². The second-order valence-corrected chi connectivity index (χ2v) is 9.33. The maximum Gasteiger partial charge on any atom is 0.390 e. The van der Waals surface area contributed by atoms with Crippen molar-refractivity contribution in [3.8, 4) is 11.8 Å². The molecule has 3 atom stereocenters. The number of fused-ring (bicyclic) bond motifs is 1. The topological polar surface area (TPSA) is 26.7 Å². The quantitative estimate of drug-likeness (QED) is 0.712. The van der Waals surface area contributed by atoms with Gasteiger partial charge in [-0.1, -0.05) is 36.8 Å². The number of aliphatic hydroxyl groups excluding tert-OH is 1. The van der Waals surface area contributed by atoms with Gasteiger partial charge in [0.2, 0.25) is 0 Å². The third kappa shape index (κ3) is 5.63. The van der Waals surface area contributed by atoms with Gasteiger partial charge in [0.05, 0.1) is 13.0 Å². The van der Waals surface area contributed by atoms with Gasteiger partial charge in [-0.15, -0.1) is 0 Å². The molecule has 1 saturated carbocycles. The normalized spacial score (nSPS) is 28.2. The summed E-state index contributed by atoms with van der Waals surface area (Å²) in [5.74, 6) is 7.36. The molecule has 1 N–H and O–H groups in total. The number of hydrogen-bond acceptors (Lipinski definition) is 3. The summed E-state index contributed by atoms with van der Waals surface area (Å²) in [4.78, 5) is 4.27. The Balaban J connectivity index is 1.45. The summed E-state index contributed by atoms with van der Waals surface area (Å²) >= 11 is 0. The average Bonchev–Trinajstić information content (AvgIpc) is 3.24. The van der Waals surface area contributed by atoms with E-state index < -0.39 is 12.6 Å². The van der Waals surface area contributed by atoms with E-state index in [0.29, 0.717) is 19.0 Å². The minimum absolute atomic E-state index is 0.0444. The van der Waals surface area contributed by atoms with Crippen molar-refractivity contribution in [2.45, 2.75) is 69.1 Å². The first kappa shape index (κ1) is 22.6. The highest BCUT2D eigenvalue weighted by molar-refractivity contribution is 5.39. The van der Waals surface area contributed by atoms with Crippen LogP contribution in [0.25, 0.3) is 0 Å². The van der Waals surface area contributed by atoms with Crippen LogP contribution in [0.3, 0.4) is 0 Å². The molecule has 3 nitrogen and oxygen atoms in total. The molecule has 1 aliphatic carbocycles. The van der Waals surface area contributed by atoms with Crippen molar-refractivity contribution in [3.05, 3.63) is 35.4 Å². The van der Waals surface area contributed by atoms with E-state index in [1.165, 1.54) is 25.7 Å². The molecule has 0 unspecified atom stereocenters. The Morgan fingerprint density at radius 3 is 2.39 bits per heavy atom. The molecule has 0 amide bonds. The maximum absolute atomic E-state index is 12.8. The van der Waals surface area contributed by atoms with Gasteiger partial charge >= 0.3 is 6.18 Å². The van der Waals surface area contributed by atoms with Crippen LogP contribution >= 0.6 is 0 Å². The molecule has 2 heterocycles. The summed E-state index contributed by atoms with van der Waals surface area (Å²) in [6.07, 6.45) is 1.94. The predicted molar refractivity (Wildman–Crippen MR) is 116 cm³/mol. The van der Waals surface area contributed by atoms with Crippen molar-refractivity contribution in [1.29, 1.82) is 0 Å². The van der Waals surface area contributed by atoms with Crippen molar-refractivity contribution < 1.29 is 18.3 Å². The minimum Gasteiger partial charge on any atom is -0.395 e. The van der Waals surface area contributed by atoms with Gasteiger partial charge in [0.25, 0.3) is 0 Å². The van der Waals surface area contributed by atoms with E-state index in [1.807, 2.05) is 4.90 Å². The summed E-state index contributed by atoms with van der Waals surface area (Å²) in [5.41, 5.74) is 2.17. The van der Waals surface area contributed by atoms with Gasteiger partial charge in [-0.25, -0.2) is 0 Å². The smallest absolute Gasteiger partial charge is 0.390 e. The van der Waals surface area contributed by atoms with Gasteiger partial charge in [0, 0.05) is 42.6 Å². The number of rotatable bonds is 4. The standard InChI is InChI=1S/C25H33F3N2O/c26-25(27,28)13-16-29-14-3-4-15-30-22(17-29)24(23(30)18-31)21-11-9-20(10-12-21)8-7-19-5-1-2-6-19/h9-12,19,22-24,31H,1-6,13-18H2/t22-,23+,24-/m1/s1. The van der Waals surface area contributed by atoms with Crippen LogP contribution in [0.1, 0.15) is 62.0 Å². The molecule has 1 aromatic carbocycles. The first-order chi connectivity index (χ1) is 14.9. The first-order valence-corrected chi connectivity index (χ1v) is 11.7. The van der Waals surface area contributed by atoms with E-state index in [4.69, 9.17) is 0 Å². The van der Waals surface area contributed by atoms with Crippen LogP contribution in [0.15, 0.2) is 24.3 Å². The SMILES string of the molecule is OC[C@H]1[C@H](c2ccc(C#CC3CCCC3)cc2)[C@H]2CN(CCC(F)(F)F)CCCCN21. The highest BCUT2D eigenvalue weighted by Gasteiger charge is 2.49. The maximum atomic E-state index is 12.8. The second-order valence-electron chi connectivity index (χ2n) is 9.33. The number of halogens is 3. The fourth-order valence-electron chi connectivity index (χ4n) is 5.54. The molecule has 3 fully saturated rings. The highest BCUT2D eigenvalue weighted by atomic mass is 19.4. The lowest BCUT2D eigenvalue weighted by atomic mass is 9.74. The molecule has 0 radical (unpaired) electrons. The monoisotopic (exact) mass is 434 g/mol. The summed E-state index contributed by atoms with van der Waals surface area (Å²) < 4.78 is 38.3. The molecule has 31 heavy (non-hydrogen) atoms. The Kier molecular flexibility index (Phi) is 7.26.